The predicted molar refractivity (Wildman–Crippen MR) is 89.5 cm³/mol. The fourth-order valence-electron chi connectivity index (χ4n) is 3.93. The van der Waals surface area contributed by atoms with Crippen LogP contribution >= 0.6 is 11.6 Å². The summed E-state index contributed by atoms with van der Waals surface area (Å²) in [7, 11) is 0. The maximum atomic E-state index is 13.2. The number of rotatable bonds is 2. The third kappa shape index (κ3) is 3.09. The monoisotopic (exact) mass is 404 g/mol. The molecule has 0 unspecified atom stereocenters. The van der Waals surface area contributed by atoms with Crippen molar-refractivity contribution in [3.05, 3.63) is 58.0 Å². The molecule has 0 saturated carbocycles. The summed E-state index contributed by atoms with van der Waals surface area (Å²) in [6, 6.07) is 5.35. The predicted octanol–water partition coefficient (Wildman–Crippen LogP) is 5.17. The molecule has 0 amide bonds. The molecular formula is C18H14ClF5N2O. The third-order valence-electron chi connectivity index (χ3n) is 5.01. The van der Waals surface area contributed by atoms with Crippen molar-refractivity contribution in [1.82, 2.24) is 4.90 Å². The van der Waals surface area contributed by atoms with E-state index >= 15 is 0 Å². The maximum Gasteiger partial charge on any atom is 0.417 e. The molecule has 3 nitrogen and oxygen atoms in total. The van der Waals surface area contributed by atoms with Crippen LogP contribution in [0.5, 0.6) is 0 Å². The zero-order chi connectivity index (χ0) is 19.4. The topological polar surface area (TPSA) is 24.8 Å². The molecule has 2 aliphatic heterocycles. The number of benzene rings is 1. The molecule has 1 aliphatic carbocycles. The van der Waals surface area contributed by atoms with Crippen LogP contribution in [0.1, 0.15) is 24.0 Å². The minimum atomic E-state index is -4.69. The van der Waals surface area contributed by atoms with E-state index in [4.69, 9.17) is 11.6 Å². The summed E-state index contributed by atoms with van der Waals surface area (Å²) in [5, 5.41) is 0.572. The summed E-state index contributed by atoms with van der Waals surface area (Å²) in [6.07, 6.45) is -1.16. The van der Waals surface area contributed by atoms with E-state index in [-0.39, 0.29) is 12.4 Å². The Hall–Kier alpha value is -2.09. The number of alkyl halides is 5. The summed E-state index contributed by atoms with van der Waals surface area (Å²) in [5.41, 5.74) is -0.177. The van der Waals surface area contributed by atoms with Gasteiger partial charge in [-0.15, -0.1) is 0 Å². The lowest BCUT2D eigenvalue weighted by molar-refractivity contribution is -0.0981. The van der Waals surface area contributed by atoms with E-state index in [1.807, 2.05) is 6.07 Å². The number of hydrogen-bond acceptors (Lipinski definition) is 3. The Balaban J connectivity index is 1.82. The standard InChI is InChI=1S/C18H14ClF5N2O/c19-13-5-1-4-12-11(13)3-2-6-17(12)9-26-8-10(18(22,23)24)7-14(15(26)25-17)27-16(20)21/h1,4-5,7-8,16H,2-3,6,9H2/t17-/m1/s1. The second kappa shape index (κ2) is 6.22. The highest BCUT2D eigenvalue weighted by Gasteiger charge is 2.47. The zero-order valence-corrected chi connectivity index (χ0v) is 14.6. The molecule has 144 valence electrons. The highest BCUT2D eigenvalue weighted by Crippen LogP contribution is 2.46. The molecule has 27 heavy (non-hydrogen) atoms. The van der Waals surface area contributed by atoms with Crippen molar-refractivity contribution in [3.8, 4) is 0 Å². The number of ether oxygens (including phenoxy) is 1. The van der Waals surface area contributed by atoms with Crippen molar-refractivity contribution in [2.75, 3.05) is 6.54 Å². The third-order valence-corrected chi connectivity index (χ3v) is 5.36. The van der Waals surface area contributed by atoms with Gasteiger partial charge in [-0.1, -0.05) is 23.7 Å². The molecule has 2 heterocycles. The molecule has 0 N–H and O–H groups in total. The molecule has 0 radical (unpaired) electrons. The largest absolute Gasteiger partial charge is 0.431 e. The van der Waals surface area contributed by atoms with Gasteiger partial charge in [-0.3, -0.25) is 4.99 Å². The summed E-state index contributed by atoms with van der Waals surface area (Å²) in [6.45, 7) is -3.14. The van der Waals surface area contributed by atoms with Crippen LogP contribution in [0.4, 0.5) is 22.0 Å². The van der Waals surface area contributed by atoms with Crippen molar-refractivity contribution in [3.63, 3.8) is 0 Å². The molecule has 1 atom stereocenters. The summed E-state index contributed by atoms with van der Waals surface area (Å²) in [5.74, 6) is -0.595. The van der Waals surface area contributed by atoms with Crippen LogP contribution in [0.2, 0.25) is 5.02 Å². The Morgan fingerprint density at radius 1 is 1.26 bits per heavy atom. The fraction of sp³-hybridized carbons (Fsp3) is 0.389. The second-order valence-electron chi connectivity index (χ2n) is 6.68. The number of allylic oxidation sites excluding steroid dienone is 2. The molecule has 0 fully saturated rings. The molecule has 4 rings (SSSR count). The SMILES string of the molecule is FC(F)OC1=CC(C(F)(F)F)=CN2C[C@@]3(CCCc4c(Cl)cccc43)N=C12. The number of fused-ring (bicyclic) bond motifs is 3. The van der Waals surface area contributed by atoms with Gasteiger partial charge in [-0.05, 0) is 42.5 Å². The van der Waals surface area contributed by atoms with Crippen molar-refractivity contribution in [2.24, 2.45) is 4.99 Å². The van der Waals surface area contributed by atoms with Crippen LogP contribution in [0.3, 0.4) is 0 Å². The summed E-state index contributed by atoms with van der Waals surface area (Å²) in [4.78, 5) is 5.83. The smallest absolute Gasteiger partial charge is 0.417 e. The van der Waals surface area contributed by atoms with E-state index in [1.54, 1.807) is 12.1 Å². The van der Waals surface area contributed by atoms with Crippen LogP contribution in [-0.2, 0) is 16.7 Å². The van der Waals surface area contributed by atoms with Gasteiger partial charge in [0.15, 0.2) is 11.6 Å². The van der Waals surface area contributed by atoms with Gasteiger partial charge in [0.05, 0.1) is 12.1 Å². The molecule has 1 aromatic rings. The van der Waals surface area contributed by atoms with Gasteiger partial charge in [0.1, 0.15) is 5.54 Å². The first-order valence-corrected chi connectivity index (χ1v) is 8.68. The molecule has 0 bridgehead atoms. The van der Waals surface area contributed by atoms with Crippen LogP contribution in [0, 0.1) is 0 Å². The Morgan fingerprint density at radius 2 is 2.04 bits per heavy atom. The Kier molecular flexibility index (Phi) is 4.21. The first-order chi connectivity index (χ1) is 12.7. The molecule has 3 aliphatic rings. The van der Waals surface area contributed by atoms with Crippen LogP contribution < -0.4 is 0 Å². The van der Waals surface area contributed by atoms with E-state index in [0.29, 0.717) is 17.5 Å². The van der Waals surface area contributed by atoms with Crippen LogP contribution in [0.25, 0.3) is 0 Å². The van der Waals surface area contributed by atoms with Gasteiger partial charge in [0.25, 0.3) is 0 Å². The fourth-order valence-corrected chi connectivity index (χ4v) is 4.20. The molecular weight excluding hydrogens is 391 g/mol. The normalized spacial score (nSPS) is 24.4. The van der Waals surface area contributed by atoms with Gasteiger partial charge in [-0.25, -0.2) is 0 Å². The quantitative estimate of drug-likeness (QED) is 0.635. The van der Waals surface area contributed by atoms with E-state index in [9.17, 15) is 22.0 Å². The number of amidine groups is 1. The second-order valence-corrected chi connectivity index (χ2v) is 7.09. The molecule has 0 aromatic heterocycles. The van der Waals surface area contributed by atoms with Gasteiger partial charge in [0, 0.05) is 11.2 Å². The lowest BCUT2D eigenvalue weighted by Crippen LogP contribution is -2.36. The number of nitrogens with zero attached hydrogens (tertiary/aromatic N) is 2. The summed E-state index contributed by atoms with van der Waals surface area (Å²) < 4.78 is 69.5. The van der Waals surface area contributed by atoms with Gasteiger partial charge < -0.3 is 9.64 Å². The van der Waals surface area contributed by atoms with E-state index in [2.05, 4.69) is 9.73 Å². The molecule has 9 heteroatoms. The van der Waals surface area contributed by atoms with Crippen molar-refractivity contribution < 1.29 is 26.7 Å². The minimum absolute atomic E-state index is 0.0175. The van der Waals surface area contributed by atoms with Crippen LogP contribution in [-0.4, -0.2) is 30.1 Å². The Bertz CT molecular complexity index is 877. The Morgan fingerprint density at radius 3 is 2.74 bits per heavy atom. The average molecular weight is 405 g/mol. The van der Waals surface area contributed by atoms with Gasteiger partial charge in [-0.2, -0.15) is 22.0 Å². The average Bonchev–Trinajstić information content (AvgIpc) is 2.94. The van der Waals surface area contributed by atoms with Crippen LogP contribution in [0.15, 0.2) is 46.8 Å². The van der Waals surface area contributed by atoms with E-state index in [0.717, 1.165) is 30.2 Å². The first kappa shape index (κ1) is 18.3. The van der Waals surface area contributed by atoms with Crippen molar-refractivity contribution in [2.45, 2.75) is 37.6 Å². The zero-order valence-electron chi connectivity index (χ0n) is 13.9. The minimum Gasteiger partial charge on any atom is -0.431 e. The molecule has 1 spiro atoms. The molecule has 0 saturated heterocycles. The number of hydrogen-bond donors (Lipinski definition) is 0. The molecule has 1 aromatic carbocycles. The van der Waals surface area contributed by atoms with E-state index < -0.39 is 29.7 Å². The van der Waals surface area contributed by atoms with Crippen molar-refractivity contribution >= 4 is 17.4 Å². The van der Waals surface area contributed by atoms with Gasteiger partial charge >= 0.3 is 12.8 Å². The first-order valence-electron chi connectivity index (χ1n) is 8.30. The summed E-state index contributed by atoms with van der Waals surface area (Å²) >= 11 is 6.28. The maximum absolute atomic E-state index is 13.2. The van der Waals surface area contributed by atoms with Crippen molar-refractivity contribution in [1.29, 1.82) is 0 Å². The number of aliphatic imine (C=N–C) groups is 1. The van der Waals surface area contributed by atoms with E-state index in [1.165, 1.54) is 4.90 Å². The number of halogens is 6. The highest BCUT2D eigenvalue weighted by molar-refractivity contribution is 6.31. The lowest BCUT2D eigenvalue weighted by atomic mass is 9.77. The Labute approximate surface area is 156 Å². The van der Waals surface area contributed by atoms with Gasteiger partial charge in [0.2, 0.25) is 0 Å². The highest BCUT2D eigenvalue weighted by atomic mass is 35.5. The lowest BCUT2D eigenvalue weighted by Gasteiger charge is -2.34.